The molecule has 1 saturated carbocycles. The molecule has 1 aromatic heterocycles. The number of hydrogen-bond acceptors (Lipinski definition) is 3. The topological polar surface area (TPSA) is 42.3 Å². The number of carbonyl (C=O) groups excluding carboxylic acids is 1. The van der Waals surface area contributed by atoms with Gasteiger partial charge in [0.05, 0.1) is 5.56 Å². The van der Waals surface area contributed by atoms with Crippen LogP contribution < -0.4 is 4.87 Å². The first kappa shape index (κ1) is 18.7. The van der Waals surface area contributed by atoms with Crippen LogP contribution in [0.25, 0.3) is 0 Å². The van der Waals surface area contributed by atoms with Crippen molar-refractivity contribution in [1.29, 1.82) is 0 Å². The van der Waals surface area contributed by atoms with Crippen LogP contribution in [0.1, 0.15) is 36.1 Å². The van der Waals surface area contributed by atoms with Crippen LogP contribution in [0.2, 0.25) is 0 Å². The maximum Gasteiger partial charge on any atom is 0.416 e. The van der Waals surface area contributed by atoms with Gasteiger partial charge in [0.2, 0.25) is 5.91 Å². The van der Waals surface area contributed by atoms with E-state index in [1.807, 2.05) is 0 Å². The fourth-order valence-electron chi connectivity index (χ4n) is 2.95. The fraction of sp³-hybridized carbons (Fsp3) is 0.444. The number of halogens is 3. The second kappa shape index (κ2) is 7.26. The van der Waals surface area contributed by atoms with Crippen LogP contribution in [0.15, 0.2) is 34.4 Å². The monoisotopic (exact) mass is 384 g/mol. The highest BCUT2D eigenvalue weighted by atomic mass is 32.1. The Hall–Kier alpha value is -2.09. The van der Waals surface area contributed by atoms with Gasteiger partial charge in [0.15, 0.2) is 0 Å². The molecular weight excluding hydrogens is 365 g/mol. The van der Waals surface area contributed by atoms with Gasteiger partial charge in [-0.2, -0.15) is 13.2 Å². The highest BCUT2D eigenvalue weighted by molar-refractivity contribution is 7.07. The summed E-state index contributed by atoms with van der Waals surface area (Å²) in [5, 5.41) is 1.73. The average Bonchev–Trinajstić information content (AvgIpc) is 3.37. The molecule has 4 nitrogen and oxygen atoms in total. The van der Waals surface area contributed by atoms with Gasteiger partial charge in [-0.05, 0) is 31.4 Å². The third-order valence-electron chi connectivity index (χ3n) is 4.50. The fourth-order valence-corrected chi connectivity index (χ4v) is 3.71. The number of hydrogen-bond donors (Lipinski definition) is 0. The van der Waals surface area contributed by atoms with Crippen LogP contribution in [0.3, 0.4) is 0 Å². The SMILES string of the molecule is Cc1csc(=O)n1CCC(=O)N(Cc1ccccc1C(F)(F)F)C1CC1. The van der Waals surface area contributed by atoms with E-state index < -0.39 is 11.7 Å². The summed E-state index contributed by atoms with van der Waals surface area (Å²) in [4.78, 5) is 25.8. The van der Waals surface area contributed by atoms with Gasteiger partial charge in [0.1, 0.15) is 0 Å². The van der Waals surface area contributed by atoms with Crippen LogP contribution in [0.5, 0.6) is 0 Å². The first-order valence-corrected chi connectivity index (χ1v) is 9.25. The first-order valence-electron chi connectivity index (χ1n) is 8.37. The Balaban J connectivity index is 1.74. The number of aryl methyl sites for hydroxylation is 1. The maximum atomic E-state index is 13.2. The van der Waals surface area contributed by atoms with Crippen molar-refractivity contribution >= 4 is 17.2 Å². The van der Waals surface area contributed by atoms with Gasteiger partial charge in [-0.1, -0.05) is 29.5 Å². The van der Waals surface area contributed by atoms with Crippen molar-refractivity contribution in [1.82, 2.24) is 9.47 Å². The van der Waals surface area contributed by atoms with Crippen LogP contribution in [0.4, 0.5) is 13.2 Å². The lowest BCUT2D eigenvalue weighted by molar-refractivity contribution is -0.140. The molecule has 1 heterocycles. The molecule has 8 heteroatoms. The summed E-state index contributed by atoms with van der Waals surface area (Å²) in [7, 11) is 0. The molecular formula is C18H19F3N2O2S. The number of rotatable bonds is 6. The summed E-state index contributed by atoms with van der Waals surface area (Å²) in [6.45, 7) is 1.98. The minimum absolute atomic E-state index is 0.0101. The standard InChI is InChI=1S/C18H19F3N2O2S/c1-12-11-26-17(25)22(12)9-8-16(24)23(14-6-7-14)10-13-4-2-3-5-15(13)18(19,20)21/h2-5,11,14H,6-10H2,1H3. The second-order valence-electron chi connectivity index (χ2n) is 6.45. The Labute approximate surface area is 152 Å². The normalized spacial score (nSPS) is 14.5. The Kier molecular flexibility index (Phi) is 5.22. The van der Waals surface area contributed by atoms with Crippen LogP contribution >= 0.6 is 11.3 Å². The van der Waals surface area contributed by atoms with Gasteiger partial charge in [0, 0.05) is 36.6 Å². The van der Waals surface area contributed by atoms with E-state index in [1.165, 1.54) is 21.6 Å². The number of alkyl halides is 3. The molecule has 1 aliphatic rings. The van der Waals surface area contributed by atoms with Crippen molar-refractivity contribution in [3.8, 4) is 0 Å². The molecule has 3 rings (SSSR count). The van der Waals surface area contributed by atoms with E-state index in [4.69, 9.17) is 0 Å². The van der Waals surface area contributed by atoms with E-state index in [0.717, 1.165) is 35.9 Å². The Morgan fingerprint density at radius 1 is 1.31 bits per heavy atom. The Morgan fingerprint density at radius 3 is 2.58 bits per heavy atom. The number of carbonyl (C=O) groups is 1. The second-order valence-corrected chi connectivity index (χ2v) is 7.27. The number of amides is 1. The molecule has 1 aromatic carbocycles. The summed E-state index contributed by atoms with van der Waals surface area (Å²) in [5.41, 5.74) is 0.181. The summed E-state index contributed by atoms with van der Waals surface area (Å²) in [5.74, 6) is -0.220. The number of thiazole rings is 1. The van der Waals surface area contributed by atoms with Gasteiger partial charge in [-0.3, -0.25) is 9.59 Å². The summed E-state index contributed by atoms with van der Waals surface area (Å²) in [6, 6.07) is 5.34. The molecule has 1 aliphatic carbocycles. The molecule has 0 spiro atoms. The molecule has 0 saturated heterocycles. The lowest BCUT2D eigenvalue weighted by Crippen LogP contribution is -2.34. The molecule has 0 unspecified atom stereocenters. The minimum atomic E-state index is -4.45. The van der Waals surface area contributed by atoms with Crippen LogP contribution in [-0.4, -0.2) is 21.4 Å². The molecule has 2 aromatic rings. The van der Waals surface area contributed by atoms with Crippen molar-refractivity contribution in [3.05, 3.63) is 56.1 Å². The van der Waals surface area contributed by atoms with E-state index in [1.54, 1.807) is 18.4 Å². The summed E-state index contributed by atoms with van der Waals surface area (Å²) in [6.07, 6.45) is -2.74. The van der Waals surface area contributed by atoms with Gasteiger partial charge >= 0.3 is 11.0 Å². The third kappa shape index (κ3) is 4.17. The zero-order valence-corrected chi connectivity index (χ0v) is 15.1. The maximum absolute atomic E-state index is 13.2. The number of aromatic nitrogens is 1. The highest BCUT2D eigenvalue weighted by Crippen LogP contribution is 2.35. The molecule has 0 bridgehead atoms. The zero-order chi connectivity index (χ0) is 18.9. The van der Waals surface area contributed by atoms with Crippen molar-refractivity contribution < 1.29 is 18.0 Å². The average molecular weight is 384 g/mol. The van der Waals surface area contributed by atoms with Crippen LogP contribution in [0, 0.1) is 6.92 Å². The van der Waals surface area contributed by atoms with Gasteiger partial charge in [0.25, 0.3) is 0 Å². The third-order valence-corrected chi connectivity index (χ3v) is 5.38. The van der Waals surface area contributed by atoms with E-state index >= 15 is 0 Å². The zero-order valence-electron chi connectivity index (χ0n) is 14.3. The quantitative estimate of drug-likeness (QED) is 0.760. The van der Waals surface area contributed by atoms with Crippen molar-refractivity contribution in [2.45, 2.75) is 51.5 Å². The summed E-state index contributed by atoms with van der Waals surface area (Å²) < 4.78 is 41.1. The van der Waals surface area contributed by atoms with E-state index in [2.05, 4.69) is 0 Å². The van der Waals surface area contributed by atoms with Crippen LogP contribution in [-0.2, 0) is 24.1 Å². The van der Waals surface area contributed by atoms with Crippen molar-refractivity contribution in [3.63, 3.8) is 0 Å². The molecule has 140 valence electrons. The Bertz CT molecular complexity index is 853. The predicted octanol–water partition coefficient (Wildman–Crippen LogP) is 3.82. The molecule has 1 amide bonds. The molecule has 0 radical (unpaired) electrons. The Morgan fingerprint density at radius 2 is 2.00 bits per heavy atom. The largest absolute Gasteiger partial charge is 0.416 e. The van der Waals surface area contributed by atoms with Gasteiger partial charge < -0.3 is 9.47 Å². The molecule has 26 heavy (non-hydrogen) atoms. The van der Waals surface area contributed by atoms with Gasteiger partial charge in [-0.15, -0.1) is 0 Å². The molecule has 0 aliphatic heterocycles. The lowest BCUT2D eigenvalue weighted by atomic mass is 10.1. The molecule has 0 N–H and O–H groups in total. The van der Waals surface area contributed by atoms with E-state index in [9.17, 15) is 22.8 Å². The van der Waals surface area contributed by atoms with Crippen molar-refractivity contribution in [2.75, 3.05) is 0 Å². The van der Waals surface area contributed by atoms with E-state index in [0.29, 0.717) is 0 Å². The first-order chi connectivity index (χ1) is 12.3. The minimum Gasteiger partial charge on any atom is -0.335 e. The predicted molar refractivity (Wildman–Crippen MR) is 92.9 cm³/mol. The molecule has 1 fully saturated rings. The number of nitrogens with zero attached hydrogens (tertiary/aromatic N) is 2. The lowest BCUT2D eigenvalue weighted by Gasteiger charge is -2.24. The van der Waals surface area contributed by atoms with Gasteiger partial charge in [-0.25, -0.2) is 0 Å². The smallest absolute Gasteiger partial charge is 0.335 e. The highest BCUT2D eigenvalue weighted by Gasteiger charge is 2.36. The summed E-state index contributed by atoms with van der Waals surface area (Å²) >= 11 is 1.07. The molecule has 0 atom stereocenters. The van der Waals surface area contributed by atoms with E-state index in [-0.39, 0.29) is 41.9 Å². The number of benzene rings is 1. The van der Waals surface area contributed by atoms with Crippen molar-refractivity contribution in [2.24, 2.45) is 0 Å².